The SMILES string of the molecule is CC(Br)C(=O)NCCc1ccc(S(N)(=O)=O)cc1. The van der Waals surface area contributed by atoms with E-state index in [1.54, 1.807) is 19.1 Å². The van der Waals surface area contributed by atoms with E-state index in [4.69, 9.17) is 5.14 Å². The molecule has 1 amide bonds. The second kappa shape index (κ2) is 6.31. The lowest BCUT2D eigenvalue weighted by Gasteiger charge is -2.07. The molecular weight excluding hydrogens is 320 g/mol. The quantitative estimate of drug-likeness (QED) is 0.779. The van der Waals surface area contributed by atoms with Gasteiger partial charge in [0.1, 0.15) is 0 Å². The number of nitrogens with one attached hydrogen (secondary N) is 1. The van der Waals surface area contributed by atoms with Gasteiger partial charge in [0.25, 0.3) is 0 Å². The first-order valence-electron chi connectivity index (χ1n) is 5.34. The average Bonchev–Trinajstić information content (AvgIpc) is 2.28. The predicted molar refractivity (Wildman–Crippen MR) is 72.9 cm³/mol. The van der Waals surface area contributed by atoms with Gasteiger partial charge in [-0.3, -0.25) is 4.79 Å². The van der Waals surface area contributed by atoms with E-state index >= 15 is 0 Å². The molecule has 0 saturated carbocycles. The van der Waals surface area contributed by atoms with Gasteiger partial charge in [-0.1, -0.05) is 28.1 Å². The normalized spacial score (nSPS) is 13.1. The third-order valence-corrected chi connectivity index (χ3v) is 3.67. The van der Waals surface area contributed by atoms with Gasteiger partial charge in [-0.25, -0.2) is 13.6 Å². The van der Waals surface area contributed by atoms with Crippen molar-refractivity contribution in [1.82, 2.24) is 5.32 Å². The number of carbonyl (C=O) groups excluding carboxylic acids is 1. The first kappa shape index (κ1) is 15.1. The van der Waals surface area contributed by atoms with Crippen molar-refractivity contribution in [2.45, 2.75) is 23.1 Å². The van der Waals surface area contributed by atoms with E-state index in [-0.39, 0.29) is 15.6 Å². The minimum absolute atomic E-state index is 0.0730. The Kier molecular flexibility index (Phi) is 5.30. The number of benzene rings is 1. The Balaban J connectivity index is 2.53. The first-order valence-corrected chi connectivity index (χ1v) is 7.80. The molecule has 0 saturated heterocycles. The van der Waals surface area contributed by atoms with E-state index in [1.807, 2.05) is 0 Å². The zero-order valence-corrected chi connectivity index (χ0v) is 12.3. The third kappa shape index (κ3) is 4.75. The Morgan fingerprint density at radius 1 is 1.39 bits per heavy atom. The molecule has 0 aliphatic heterocycles. The minimum atomic E-state index is -3.64. The number of halogens is 1. The summed E-state index contributed by atoms with van der Waals surface area (Å²) in [4.78, 5) is 11.1. The van der Waals surface area contributed by atoms with Gasteiger partial charge in [0, 0.05) is 6.54 Å². The van der Waals surface area contributed by atoms with Crippen LogP contribution in [0.4, 0.5) is 0 Å². The van der Waals surface area contributed by atoms with Crippen LogP contribution >= 0.6 is 15.9 Å². The lowest BCUT2D eigenvalue weighted by molar-refractivity contribution is -0.120. The Morgan fingerprint density at radius 2 is 1.94 bits per heavy atom. The molecule has 7 heteroatoms. The summed E-state index contributed by atoms with van der Waals surface area (Å²) >= 11 is 3.16. The van der Waals surface area contributed by atoms with Crippen molar-refractivity contribution in [2.24, 2.45) is 5.14 Å². The molecule has 5 nitrogen and oxygen atoms in total. The predicted octanol–water partition coefficient (Wildman–Crippen LogP) is 0.776. The molecule has 0 fully saturated rings. The lowest BCUT2D eigenvalue weighted by atomic mass is 10.1. The molecule has 0 spiro atoms. The molecule has 0 aromatic heterocycles. The lowest BCUT2D eigenvalue weighted by Crippen LogP contribution is -2.31. The fourth-order valence-electron chi connectivity index (χ4n) is 1.32. The summed E-state index contributed by atoms with van der Waals surface area (Å²) in [6, 6.07) is 6.28. The topological polar surface area (TPSA) is 89.3 Å². The van der Waals surface area contributed by atoms with Gasteiger partial charge < -0.3 is 5.32 Å². The Labute approximate surface area is 115 Å². The molecule has 1 aromatic carbocycles. The maximum Gasteiger partial charge on any atom is 0.238 e. The van der Waals surface area contributed by atoms with Crippen molar-refractivity contribution < 1.29 is 13.2 Å². The molecule has 0 aliphatic rings. The summed E-state index contributed by atoms with van der Waals surface area (Å²) < 4.78 is 22.1. The minimum Gasteiger partial charge on any atom is -0.355 e. The van der Waals surface area contributed by atoms with E-state index in [2.05, 4.69) is 21.2 Å². The Hall–Kier alpha value is -0.920. The fraction of sp³-hybridized carbons (Fsp3) is 0.364. The highest BCUT2D eigenvalue weighted by atomic mass is 79.9. The number of carbonyl (C=O) groups is 1. The summed E-state index contributed by atoms with van der Waals surface area (Å²) in [5, 5.41) is 7.74. The maximum absolute atomic E-state index is 11.3. The van der Waals surface area contributed by atoms with Crippen molar-refractivity contribution in [3.05, 3.63) is 29.8 Å². The van der Waals surface area contributed by atoms with E-state index in [1.165, 1.54) is 12.1 Å². The second-order valence-corrected chi connectivity index (χ2v) is 6.78. The Bertz CT molecular complexity index is 512. The number of hydrogen-bond donors (Lipinski definition) is 2. The summed E-state index contributed by atoms with van der Waals surface area (Å²) in [6.07, 6.45) is 0.635. The zero-order chi connectivity index (χ0) is 13.8. The fourth-order valence-corrected chi connectivity index (χ4v) is 1.99. The van der Waals surface area contributed by atoms with Gasteiger partial charge in [-0.2, -0.15) is 0 Å². The van der Waals surface area contributed by atoms with Gasteiger partial charge in [0.15, 0.2) is 0 Å². The molecule has 1 unspecified atom stereocenters. The van der Waals surface area contributed by atoms with Crippen molar-refractivity contribution >= 4 is 31.9 Å². The molecule has 1 aromatic rings. The van der Waals surface area contributed by atoms with Crippen LogP contribution < -0.4 is 10.5 Å². The molecule has 0 radical (unpaired) electrons. The third-order valence-electron chi connectivity index (χ3n) is 2.33. The number of nitrogens with two attached hydrogens (primary N) is 1. The summed E-state index contributed by atoms with van der Waals surface area (Å²) in [5.74, 6) is -0.0730. The van der Waals surface area contributed by atoms with Gasteiger partial charge in [0.2, 0.25) is 15.9 Å². The number of rotatable bonds is 5. The van der Waals surface area contributed by atoms with Crippen LogP contribution in [0, 0.1) is 0 Å². The largest absolute Gasteiger partial charge is 0.355 e. The number of hydrogen-bond acceptors (Lipinski definition) is 3. The standard InChI is InChI=1S/C11H15BrN2O3S/c1-8(12)11(15)14-7-6-9-2-4-10(5-3-9)18(13,16)17/h2-5,8H,6-7H2,1H3,(H,14,15)(H2,13,16,17). The molecule has 1 atom stereocenters. The van der Waals surface area contributed by atoms with E-state index in [9.17, 15) is 13.2 Å². The van der Waals surface area contributed by atoms with Crippen LogP contribution in [0.3, 0.4) is 0 Å². The molecule has 0 aliphatic carbocycles. The van der Waals surface area contributed by atoms with E-state index in [0.29, 0.717) is 13.0 Å². The molecule has 100 valence electrons. The molecule has 0 heterocycles. The number of alkyl halides is 1. The van der Waals surface area contributed by atoms with Crippen LogP contribution in [0.25, 0.3) is 0 Å². The molecule has 1 rings (SSSR count). The van der Waals surface area contributed by atoms with Crippen LogP contribution in [0.1, 0.15) is 12.5 Å². The zero-order valence-electron chi connectivity index (χ0n) is 9.89. The monoisotopic (exact) mass is 334 g/mol. The number of primary sulfonamides is 1. The van der Waals surface area contributed by atoms with E-state index < -0.39 is 10.0 Å². The van der Waals surface area contributed by atoms with Gasteiger partial charge >= 0.3 is 0 Å². The highest BCUT2D eigenvalue weighted by Crippen LogP contribution is 2.09. The smallest absolute Gasteiger partial charge is 0.238 e. The molecule has 18 heavy (non-hydrogen) atoms. The highest BCUT2D eigenvalue weighted by molar-refractivity contribution is 9.10. The van der Waals surface area contributed by atoms with E-state index in [0.717, 1.165) is 5.56 Å². The molecular formula is C11H15BrN2O3S. The van der Waals surface area contributed by atoms with Crippen LogP contribution in [0.15, 0.2) is 29.2 Å². The maximum atomic E-state index is 11.3. The van der Waals surface area contributed by atoms with Gasteiger partial charge in [0.05, 0.1) is 9.72 Å². The summed E-state index contributed by atoms with van der Waals surface area (Å²) in [5.41, 5.74) is 0.935. The summed E-state index contributed by atoms with van der Waals surface area (Å²) in [6.45, 7) is 2.25. The van der Waals surface area contributed by atoms with Crippen LogP contribution in [-0.2, 0) is 21.2 Å². The van der Waals surface area contributed by atoms with Crippen LogP contribution in [0.2, 0.25) is 0 Å². The van der Waals surface area contributed by atoms with Crippen molar-refractivity contribution in [3.8, 4) is 0 Å². The van der Waals surface area contributed by atoms with Gasteiger partial charge in [-0.15, -0.1) is 0 Å². The van der Waals surface area contributed by atoms with Crippen molar-refractivity contribution in [2.75, 3.05) is 6.54 Å². The van der Waals surface area contributed by atoms with Crippen LogP contribution in [-0.4, -0.2) is 25.7 Å². The molecule has 0 bridgehead atoms. The number of amides is 1. The van der Waals surface area contributed by atoms with Crippen molar-refractivity contribution in [1.29, 1.82) is 0 Å². The summed E-state index contributed by atoms with van der Waals surface area (Å²) in [7, 11) is -3.64. The van der Waals surface area contributed by atoms with Gasteiger partial charge in [-0.05, 0) is 31.0 Å². The first-order chi connectivity index (χ1) is 8.30. The highest BCUT2D eigenvalue weighted by Gasteiger charge is 2.08. The Morgan fingerprint density at radius 3 is 2.39 bits per heavy atom. The molecule has 3 N–H and O–H groups in total. The average molecular weight is 335 g/mol. The number of sulfonamides is 1. The second-order valence-electron chi connectivity index (χ2n) is 3.85. The van der Waals surface area contributed by atoms with Crippen LogP contribution in [0.5, 0.6) is 0 Å². The van der Waals surface area contributed by atoms with Crippen molar-refractivity contribution in [3.63, 3.8) is 0 Å².